The molecule has 4 nitrogen and oxygen atoms in total. The minimum absolute atomic E-state index is 0.0411. The predicted molar refractivity (Wildman–Crippen MR) is 68.6 cm³/mol. The molecular formula is C12H18N2O2S. The maximum atomic E-state index is 12.0. The Bertz CT molecular complexity index is 392. The van der Waals surface area contributed by atoms with Crippen LogP contribution in [0, 0.1) is 0 Å². The summed E-state index contributed by atoms with van der Waals surface area (Å²) >= 11 is 1.39. The van der Waals surface area contributed by atoms with E-state index in [0.717, 1.165) is 25.0 Å². The molecule has 1 aromatic rings. The molecule has 1 aliphatic carbocycles. The van der Waals surface area contributed by atoms with Crippen molar-refractivity contribution < 1.29 is 9.53 Å². The zero-order valence-electron chi connectivity index (χ0n) is 9.94. The van der Waals surface area contributed by atoms with Crippen LogP contribution in [-0.2, 0) is 0 Å². The Morgan fingerprint density at radius 3 is 2.94 bits per heavy atom. The average molecular weight is 254 g/mol. The third kappa shape index (κ3) is 2.98. The highest BCUT2D eigenvalue weighted by molar-refractivity contribution is 7.12. The van der Waals surface area contributed by atoms with Crippen molar-refractivity contribution in [1.82, 2.24) is 5.32 Å². The Kier molecular flexibility index (Phi) is 4.02. The van der Waals surface area contributed by atoms with Crippen molar-refractivity contribution >= 4 is 17.2 Å². The van der Waals surface area contributed by atoms with Crippen LogP contribution in [0.1, 0.15) is 35.4 Å². The Morgan fingerprint density at radius 2 is 2.29 bits per heavy atom. The molecule has 0 radical (unpaired) electrons. The largest absolute Gasteiger partial charge is 0.496 e. The average Bonchev–Trinajstić information content (AvgIpc) is 2.81. The Labute approximate surface area is 105 Å². The number of nitrogens with two attached hydrogens (primary N) is 1. The molecule has 1 amide bonds. The third-order valence-corrected chi connectivity index (χ3v) is 4.08. The molecule has 0 bridgehead atoms. The lowest BCUT2D eigenvalue weighted by Gasteiger charge is -2.29. The van der Waals surface area contributed by atoms with Gasteiger partial charge in [-0.25, -0.2) is 0 Å². The molecule has 1 aromatic heterocycles. The van der Waals surface area contributed by atoms with Gasteiger partial charge in [0.05, 0.1) is 12.0 Å². The number of methoxy groups -OCH3 is 1. The van der Waals surface area contributed by atoms with E-state index in [1.807, 2.05) is 5.38 Å². The smallest absolute Gasteiger partial charge is 0.261 e. The summed E-state index contributed by atoms with van der Waals surface area (Å²) in [5, 5.41) is 4.84. The molecule has 1 fully saturated rings. The highest BCUT2D eigenvalue weighted by Crippen LogP contribution is 2.22. The van der Waals surface area contributed by atoms with Gasteiger partial charge in [-0.2, -0.15) is 0 Å². The van der Waals surface area contributed by atoms with E-state index in [4.69, 9.17) is 10.5 Å². The summed E-state index contributed by atoms with van der Waals surface area (Å²) in [6.07, 6.45) is 4.29. The number of hydrogen-bond acceptors (Lipinski definition) is 4. The molecule has 1 aliphatic rings. The van der Waals surface area contributed by atoms with E-state index >= 15 is 0 Å². The van der Waals surface area contributed by atoms with Crippen molar-refractivity contribution in [2.75, 3.05) is 7.11 Å². The summed E-state index contributed by atoms with van der Waals surface area (Å²) in [4.78, 5) is 12.7. The summed E-state index contributed by atoms with van der Waals surface area (Å²) in [7, 11) is 1.60. The zero-order valence-corrected chi connectivity index (χ0v) is 10.8. The van der Waals surface area contributed by atoms with E-state index in [-0.39, 0.29) is 18.0 Å². The molecule has 0 unspecified atom stereocenters. The molecule has 94 valence electrons. The summed E-state index contributed by atoms with van der Waals surface area (Å²) in [5.74, 6) is 0.689. The van der Waals surface area contributed by atoms with Crippen molar-refractivity contribution in [3.8, 4) is 5.75 Å². The second-order valence-electron chi connectivity index (χ2n) is 4.38. The van der Waals surface area contributed by atoms with E-state index in [0.29, 0.717) is 4.88 Å². The van der Waals surface area contributed by atoms with Crippen LogP contribution >= 0.6 is 11.3 Å². The van der Waals surface area contributed by atoms with Crippen LogP contribution < -0.4 is 15.8 Å². The van der Waals surface area contributed by atoms with Gasteiger partial charge in [0.1, 0.15) is 5.75 Å². The Hall–Kier alpha value is -1.07. The molecule has 2 rings (SSSR count). The molecule has 1 heterocycles. The first kappa shape index (κ1) is 12.4. The fraction of sp³-hybridized carbons (Fsp3) is 0.583. The van der Waals surface area contributed by atoms with E-state index in [2.05, 4.69) is 5.32 Å². The van der Waals surface area contributed by atoms with E-state index in [9.17, 15) is 4.79 Å². The SMILES string of the molecule is COc1csc(C(=O)N[C@@H]2CCCC[C@H]2N)c1. The number of carbonyl (C=O) groups excluding carboxylic acids is 1. The number of ether oxygens (including phenoxy) is 1. The van der Waals surface area contributed by atoms with Crippen LogP contribution in [0.4, 0.5) is 0 Å². The summed E-state index contributed by atoms with van der Waals surface area (Å²) in [5.41, 5.74) is 6.00. The fourth-order valence-corrected chi connectivity index (χ4v) is 2.88. The maximum absolute atomic E-state index is 12.0. The lowest BCUT2D eigenvalue weighted by molar-refractivity contribution is 0.0925. The Morgan fingerprint density at radius 1 is 1.53 bits per heavy atom. The molecule has 17 heavy (non-hydrogen) atoms. The molecule has 3 N–H and O–H groups in total. The van der Waals surface area contributed by atoms with Crippen molar-refractivity contribution in [3.05, 3.63) is 16.3 Å². The molecule has 1 saturated carbocycles. The highest BCUT2D eigenvalue weighted by atomic mass is 32.1. The lowest BCUT2D eigenvalue weighted by atomic mass is 9.91. The summed E-state index contributed by atoms with van der Waals surface area (Å²) in [6.45, 7) is 0. The van der Waals surface area contributed by atoms with Gasteiger partial charge in [0.25, 0.3) is 5.91 Å². The molecule has 0 spiro atoms. The van der Waals surface area contributed by atoms with Gasteiger partial charge in [-0.3, -0.25) is 4.79 Å². The van der Waals surface area contributed by atoms with Gasteiger partial charge in [0.2, 0.25) is 0 Å². The molecule has 5 heteroatoms. The minimum Gasteiger partial charge on any atom is -0.496 e. The van der Waals surface area contributed by atoms with Crippen molar-refractivity contribution in [2.45, 2.75) is 37.8 Å². The highest BCUT2D eigenvalue weighted by Gasteiger charge is 2.24. The van der Waals surface area contributed by atoms with Gasteiger partial charge in [0.15, 0.2) is 0 Å². The topological polar surface area (TPSA) is 64.3 Å². The molecule has 0 saturated heterocycles. The fourth-order valence-electron chi connectivity index (χ4n) is 2.12. The predicted octanol–water partition coefficient (Wildman–Crippen LogP) is 1.76. The van der Waals surface area contributed by atoms with Crippen LogP contribution in [0.25, 0.3) is 0 Å². The first-order valence-corrected chi connectivity index (χ1v) is 6.77. The van der Waals surface area contributed by atoms with Gasteiger partial charge in [-0.05, 0) is 12.8 Å². The number of nitrogens with one attached hydrogen (secondary N) is 1. The summed E-state index contributed by atoms with van der Waals surface area (Å²) in [6, 6.07) is 1.97. The van der Waals surface area contributed by atoms with Crippen LogP contribution in [0.5, 0.6) is 5.75 Å². The lowest BCUT2D eigenvalue weighted by Crippen LogP contribution is -2.49. The number of hydrogen-bond donors (Lipinski definition) is 2. The number of rotatable bonds is 3. The second-order valence-corrected chi connectivity index (χ2v) is 5.29. The minimum atomic E-state index is -0.0411. The number of carbonyl (C=O) groups is 1. The monoisotopic (exact) mass is 254 g/mol. The normalized spacial score (nSPS) is 24.4. The van der Waals surface area contributed by atoms with Gasteiger partial charge in [0, 0.05) is 23.5 Å². The first-order valence-electron chi connectivity index (χ1n) is 5.89. The van der Waals surface area contributed by atoms with Crippen LogP contribution in [0.2, 0.25) is 0 Å². The molecule has 0 aliphatic heterocycles. The Balaban J connectivity index is 1.96. The van der Waals surface area contributed by atoms with E-state index < -0.39 is 0 Å². The van der Waals surface area contributed by atoms with Crippen LogP contribution in [-0.4, -0.2) is 25.1 Å². The van der Waals surface area contributed by atoms with Gasteiger partial charge in [-0.1, -0.05) is 12.8 Å². The second kappa shape index (κ2) is 5.51. The van der Waals surface area contributed by atoms with Gasteiger partial charge < -0.3 is 15.8 Å². The van der Waals surface area contributed by atoms with Crippen LogP contribution in [0.15, 0.2) is 11.4 Å². The number of amides is 1. The van der Waals surface area contributed by atoms with Gasteiger partial charge in [-0.15, -0.1) is 11.3 Å². The molecular weight excluding hydrogens is 236 g/mol. The molecule has 0 aromatic carbocycles. The summed E-state index contributed by atoms with van der Waals surface area (Å²) < 4.78 is 5.06. The first-order chi connectivity index (χ1) is 8.20. The van der Waals surface area contributed by atoms with Crippen molar-refractivity contribution in [2.24, 2.45) is 5.73 Å². The third-order valence-electron chi connectivity index (χ3n) is 3.17. The zero-order chi connectivity index (χ0) is 12.3. The maximum Gasteiger partial charge on any atom is 0.261 e. The molecule has 2 atom stereocenters. The van der Waals surface area contributed by atoms with Crippen molar-refractivity contribution in [1.29, 1.82) is 0 Å². The number of thiophene rings is 1. The van der Waals surface area contributed by atoms with E-state index in [1.54, 1.807) is 13.2 Å². The van der Waals surface area contributed by atoms with Gasteiger partial charge >= 0.3 is 0 Å². The van der Waals surface area contributed by atoms with E-state index in [1.165, 1.54) is 17.8 Å². The van der Waals surface area contributed by atoms with Crippen LogP contribution in [0.3, 0.4) is 0 Å². The quantitative estimate of drug-likeness (QED) is 0.864. The standard InChI is InChI=1S/C12H18N2O2S/c1-16-8-6-11(17-7-8)12(15)14-10-5-3-2-4-9(10)13/h6-7,9-10H,2-5,13H2,1H3,(H,14,15)/t9-,10-/m1/s1. The van der Waals surface area contributed by atoms with Crippen molar-refractivity contribution in [3.63, 3.8) is 0 Å².